The van der Waals surface area contributed by atoms with Crippen molar-refractivity contribution in [1.29, 1.82) is 0 Å². The Morgan fingerprint density at radius 3 is 2.82 bits per heavy atom. The van der Waals surface area contributed by atoms with E-state index in [4.69, 9.17) is 17.3 Å². The maximum Gasteiger partial charge on any atom is 0.0964 e. The number of nitrogens with two attached hydrogens (primary N) is 1. The van der Waals surface area contributed by atoms with E-state index in [9.17, 15) is 0 Å². The molecule has 0 atom stereocenters. The van der Waals surface area contributed by atoms with Crippen LogP contribution in [-0.2, 0) is 5.75 Å². The second-order valence-corrected chi connectivity index (χ2v) is 5.65. The van der Waals surface area contributed by atoms with Crippen LogP contribution in [0.5, 0.6) is 0 Å². The van der Waals surface area contributed by atoms with Gasteiger partial charge in [0, 0.05) is 22.1 Å². The van der Waals surface area contributed by atoms with Crippen LogP contribution in [0.2, 0.25) is 5.02 Å². The predicted molar refractivity (Wildman–Crippen MR) is 77.4 cm³/mol. The van der Waals surface area contributed by atoms with Crippen molar-refractivity contribution in [2.45, 2.75) is 10.8 Å². The zero-order chi connectivity index (χ0) is 12.3. The summed E-state index contributed by atoms with van der Waals surface area (Å²) in [5.41, 5.74) is 7.74. The van der Waals surface area contributed by atoms with Crippen molar-refractivity contribution in [3.8, 4) is 0 Å². The van der Waals surface area contributed by atoms with Gasteiger partial charge in [-0.2, -0.15) is 0 Å². The SMILES string of the molecule is Nc1cccc(CSc2ccc(Cl)cn2)c1Br. The minimum Gasteiger partial charge on any atom is -0.398 e. The quantitative estimate of drug-likeness (QED) is 0.671. The van der Waals surface area contributed by atoms with Crippen LogP contribution in [0, 0.1) is 0 Å². The number of pyridine rings is 1. The molecule has 0 aliphatic carbocycles. The molecule has 0 amide bonds. The first kappa shape index (κ1) is 12.7. The molecular formula is C12H10BrClN2S. The van der Waals surface area contributed by atoms with E-state index in [1.54, 1.807) is 18.0 Å². The van der Waals surface area contributed by atoms with Crippen molar-refractivity contribution in [3.63, 3.8) is 0 Å². The molecule has 0 spiro atoms. The third-order valence-electron chi connectivity index (χ3n) is 2.18. The normalized spacial score (nSPS) is 10.5. The summed E-state index contributed by atoms with van der Waals surface area (Å²) in [7, 11) is 0. The highest BCUT2D eigenvalue weighted by Gasteiger charge is 2.04. The number of halogens is 2. The molecule has 2 rings (SSSR count). The number of nitrogen functional groups attached to an aromatic ring is 1. The fraction of sp³-hybridized carbons (Fsp3) is 0.0833. The minimum absolute atomic E-state index is 0.652. The molecule has 2 N–H and O–H groups in total. The molecule has 2 nitrogen and oxygen atoms in total. The number of benzene rings is 1. The number of rotatable bonds is 3. The first-order chi connectivity index (χ1) is 8.16. The molecule has 0 radical (unpaired) electrons. The van der Waals surface area contributed by atoms with Crippen molar-refractivity contribution in [1.82, 2.24) is 4.98 Å². The Morgan fingerprint density at radius 1 is 1.29 bits per heavy atom. The van der Waals surface area contributed by atoms with Gasteiger partial charge in [0.25, 0.3) is 0 Å². The van der Waals surface area contributed by atoms with Gasteiger partial charge >= 0.3 is 0 Å². The Balaban J connectivity index is 2.07. The number of aromatic nitrogens is 1. The molecule has 0 aliphatic heterocycles. The molecule has 5 heteroatoms. The lowest BCUT2D eigenvalue weighted by Crippen LogP contribution is -1.91. The Morgan fingerprint density at radius 2 is 2.12 bits per heavy atom. The molecule has 1 heterocycles. The van der Waals surface area contributed by atoms with Crippen LogP contribution < -0.4 is 5.73 Å². The molecule has 88 valence electrons. The standard InChI is InChI=1S/C12H10BrClN2S/c13-12-8(2-1-3-10(12)15)7-17-11-5-4-9(14)6-16-11/h1-6H,7,15H2. The molecule has 0 fully saturated rings. The van der Waals surface area contributed by atoms with Gasteiger partial charge in [-0.05, 0) is 39.7 Å². The lowest BCUT2D eigenvalue weighted by atomic mass is 10.2. The summed E-state index contributed by atoms with van der Waals surface area (Å²) in [6.45, 7) is 0. The summed E-state index contributed by atoms with van der Waals surface area (Å²) in [5.74, 6) is 0.820. The van der Waals surface area contributed by atoms with Crippen LogP contribution in [-0.4, -0.2) is 4.98 Å². The third-order valence-corrected chi connectivity index (χ3v) is 4.37. The van der Waals surface area contributed by atoms with E-state index >= 15 is 0 Å². The summed E-state index contributed by atoms with van der Waals surface area (Å²) in [5, 5.41) is 1.60. The lowest BCUT2D eigenvalue weighted by Gasteiger charge is -2.06. The zero-order valence-corrected chi connectivity index (χ0v) is 12.0. The van der Waals surface area contributed by atoms with Gasteiger partial charge in [-0.1, -0.05) is 23.7 Å². The van der Waals surface area contributed by atoms with Gasteiger partial charge in [-0.3, -0.25) is 0 Å². The van der Waals surface area contributed by atoms with Crippen molar-refractivity contribution < 1.29 is 0 Å². The van der Waals surface area contributed by atoms with E-state index in [2.05, 4.69) is 20.9 Å². The smallest absolute Gasteiger partial charge is 0.0964 e. The molecule has 2 aromatic rings. The zero-order valence-electron chi connectivity index (χ0n) is 8.86. The van der Waals surface area contributed by atoms with Crippen LogP contribution in [0.1, 0.15) is 5.56 Å². The average molecular weight is 330 g/mol. The van der Waals surface area contributed by atoms with Crippen molar-refractivity contribution in [2.75, 3.05) is 5.73 Å². The van der Waals surface area contributed by atoms with E-state index < -0.39 is 0 Å². The Bertz CT molecular complexity index is 516. The van der Waals surface area contributed by atoms with Gasteiger partial charge in [0.15, 0.2) is 0 Å². The van der Waals surface area contributed by atoms with E-state index in [0.29, 0.717) is 5.02 Å². The van der Waals surface area contributed by atoms with Gasteiger partial charge in [0.1, 0.15) is 0 Å². The molecule has 0 aliphatic rings. The van der Waals surface area contributed by atoms with Crippen LogP contribution in [0.25, 0.3) is 0 Å². The number of hydrogen-bond acceptors (Lipinski definition) is 3. The molecular weight excluding hydrogens is 320 g/mol. The Kier molecular flexibility index (Phi) is 4.31. The lowest BCUT2D eigenvalue weighted by molar-refractivity contribution is 1.13. The third kappa shape index (κ3) is 3.37. The maximum atomic E-state index is 5.82. The first-order valence-electron chi connectivity index (χ1n) is 4.94. The molecule has 1 aromatic heterocycles. The van der Waals surface area contributed by atoms with E-state index in [1.807, 2.05) is 30.3 Å². The van der Waals surface area contributed by atoms with Crippen molar-refractivity contribution in [2.24, 2.45) is 0 Å². The fourth-order valence-corrected chi connectivity index (χ4v) is 2.85. The molecule has 0 unspecified atom stereocenters. The highest BCUT2D eigenvalue weighted by atomic mass is 79.9. The Hall–Kier alpha value is -0.710. The summed E-state index contributed by atoms with van der Waals surface area (Å²) in [6, 6.07) is 9.62. The van der Waals surface area contributed by atoms with E-state index in [-0.39, 0.29) is 0 Å². The van der Waals surface area contributed by atoms with Gasteiger partial charge < -0.3 is 5.73 Å². The first-order valence-corrected chi connectivity index (χ1v) is 7.09. The molecule has 17 heavy (non-hydrogen) atoms. The topological polar surface area (TPSA) is 38.9 Å². The monoisotopic (exact) mass is 328 g/mol. The van der Waals surface area contributed by atoms with Crippen LogP contribution in [0.15, 0.2) is 46.0 Å². The minimum atomic E-state index is 0.652. The number of anilines is 1. The van der Waals surface area contributed by atoms with Crippen molar-refractivity contribution in [3.05, 3.63) is 51.6 Å². The molecule has 0 bridgehead atoms. The van der Waals surface area contributed by atoms with Gasteiger partial charge in [-0.15, -0.1) is 11.8 Å². The summed E-state index contributed by atoms with van der Waals surface area (Å²) < 4.78 is 0.960. The summed E-state index contributed by atoms with van der Waals surface area (Å²) >= 11 is 10.9. The number of nitrogens with zero attached hydrogens (tertiary/aromatic N) is 1. The van der Waals surface area contributed by atoms with Crippen molar-refractivity contribution >= 4 is 45.0 Å². The average Bonchev–Trinajstić information content (AvgIpc) is 2.33. The number of hydrogen-bond donors (Lipinski definition) is 1. The largest absolute Gasteiger partial charge is 0.398 e. The van der Waals surface area contributed by atoms with Gasteiger partial charge in [0.05, 0.1) is 10.0 Å². The van der Waals surface area contributed by atoms with Crippen LogP contribution in [0.3, 0.4) is 0 Å². The highest BCUT2D eigenvalue weighted by Crippen LogP contribution is 2.29. The summed E-state index contributed by atoms with van der Waals surface area (Å²) in [4.78, 5) is 4.23. The number of thioether (sulfide) groups is 1. The molecule has 1 aromatic carbocycles. The Labute approximate surface area is 118 Å². The summed E-state index contributed by atoms with van der Waals surface area (Å²) in [6.07, 6.45) is 1.65. The van der Waals surface area contributed by atoms with Gasteiger partial charge in [0.2, 0.25) is 0 Å². The second-order valence-electron chi connectivity index (χ2n) is 3.42. The van der Waals surface area contributed by atoms with E-state index in [1.165, 1.54) is 0 Å². The second kappa shape index (κ2) is 5.76. The van der Waals surface area contributed by atoms with E-state index in [0.717, 1.165) is 26.5 Å². The van der Waals surface area contributed by atoms with Gasteiger partial charge in [-0.25, -0.2) is 4.98 Å². The highest BCUT2D eigenvalue weighted by molar-refractivity contribution is 9.10. The molecule has 0 saturated heterocycles. The van der Waals surface area contributed by atoms with Crippen LogP contribution in [0.4, 0.5) is 5.69 Å². The molecule has 0 saturated carbocycles. The van der Waals surface area contributed by atoms with Crippen LogP contribution >= 0.6 is 39.3 Å². The predicted octanol–water partition coefficient (Wildman–Crippen LogP) is 4.37. The fourth-order valence-electron chi connectivity index (χ4n) is 1.31. The maximum absolute atomic E-state index is 5.82.